The van der Waals surface area contributed by atoms with Gasteiger partial charge in [0.05, 0.1) is 7.11 Å². The zero-order valence-corrected chi connectivity index (χ0v) is 12.7. The second kappa shape index (κ2) is 7.70. The zero-order chi connectivity index (χ0) is 13.8. The van der Waals surface area contributed by atoms with E-state index < -0.39 is 5.54 Å². The maximum atomic E-state index is 12.1. The standard InChI is InChI=1S/C13H24N2O3.ClH/c1-4-7-13(2,12(17)18-3)15-11(16)9-5-6-10(14)8-9;/h9-10H,4-8,14H2,1-3H3,(H,15,16);1H. The number of hydrogen-bond donors (Lipinski definition) is 2. The van der Waals surface area contributed by atoms with Gasteiger partial charge in [-0.15, -0.1) is 12.4 Å². The molecule has 1 amide bonds. The third kappa shape index (κ3) is 4.66. The van der Waals surface area contributed by atoms with Gasteiger partial charge >= 0.3 is 5.97 Å². The lowest BCUT2D eigenvalue weighted by molar-refractivity contribution is -0.151. The predicted molar refractivity (Wildman–Crippen MR) is 76.0 cm³/mol. The SMILES string of the molecule is CCCC(C)(NC(=O)C1CCC(N)C1)C(=O)OC.Cl. The maximum absolute atomic E-state index is 12.1. The summed E-state index contributed by atoms with van der Waals surface area (Å²) in [6, 6.07) is 0.108. The van der Waals surface area contributed by atoms with Gasteiger partial charge in [-0.3, -0.25) is 4.79 Å². The average Bonchev–Trinajstić information content (AvgIpc) is 2.75. The van der Waals surface area contributed by atoms with E-state index in [4.69, 9.17) is 10.5 Å². The summed E-state index contributed by atoms with van der Waals surface area (Å²) in [4.78, 5) is 23.9. The lowest BCUT2D eigenvalue weighted by Gasteiger charge is -2.28. The number of ether oxygens (including phenoxy) is 1. The molecule has 19 heavy (non-hydrogen) atoms. The minimum absolute atomic E-state index is 0. The van der Waals surface area contributed by atoms with E-state index in [1.165, 1.54) is 7.11 Å². The van der Waals surface area contributed by atoms with Crippen LogP contribution in [-0.2, 0) is 14.3 Å². The number of methoxy groups -OCH3 is 1. The Morgan fingerprint density at radius 3 is 2.47 bits per heavy atom. The molecule has 0 aliphatic heterocycles. The molecule has 1 aliphatic carbocycles. The summed E-state index contributed by atoms with van der Waals surface area (Å²) >= 11 is 0. The van der Waals surface area contributed by atoms with Gasteiger partial charge in [0.1, 0.15) is 5.54 Å². The van der Waals surface area contributed by atoms with Crippen LogP contribution in [0.1, 0.15) is 46.0 Å². The summed E-state index contributed by atoms with van der Waals surface area (Å²) in [7, 11) is 1.34. The summed E-state index contributed by atoms with van der Waals surface area (Å²) in [6.45, 7) is 3.69. The minimum atomic E-state index is -0.923. The van der Waals surface area contributed by atoms with E-state index >= 15 is 0 Å². The van der Waals surface area contributed by atoms with Gasteiger partial charge in [0, 0.05) is 12.0 Å². The van der Waals surface area contributed by atoms with Crippen molar-refractivity contribution in [1.82, 2.24) is 5.32 Å². The van der Waals surface area contributed by atoms with Gasteiger partial charge in [-0.05, 0) is 32.6 Å². The lowest BCUT2D eigenvalue weighted by atomic mass is 9.94. The van der Waals surface area contributed by atoms with Gasteiger partial charge < -0.3 is 15.8 Å². The van der Waals surface area contributed by atoms with Crippen LogP contribution in [0.4, 0.5) is 0 Å². The van der Waals surface area contributed by atoms with Gasteiger partial charge in [0.2, 0.25) is 5.91 Å². The van der Waals surface area contributed by atoms with Crippen LogP contribution in [0.5, 0.6) is 0 Å². The highest BCUT2D eigenvalue weighted by Crippen LogP contribution is 2.25. The Morgan fingerprint density at radius 1 is 1.42 bits per heavy atom. The maximum Gasteiger partial charge on any atom is 0.331 e. The second-order valence-corrected chi connectivity index (χ2v) is 5.33. The van der Waals surface area contributed by atoms with E-state index in [1.54, 1.807) is 6.92 Å². The Morgan fingerprint density at radius 2 is 2.05 bits per heavy atom. The van der Waals surface area contributed by atoms with Crippen molar-refractivity contribution in [2.75, 3.05) is 7.11 Å². The van der Waals surface area contributed by atoms with E-state index in [-0.39, 0.29) is 36.2 Å². The molecular weight excluding hydrogens is 268 g/mol. The topological polar surface area (TPSA) is 81.4 Å². The van der Waals surface area contributed by atoms with Crippen LogP contribution >= 0.6 is 12.4 Å². The fraction of sp³-hybridized carbons (Fsp3) is 0.846. The van der Waals surface area contributed by atoms with E-state index in [2.05, 4.69) is 5.32 Å². The third-order valence-electron chi connectivity index (χ3n) is 3.63. The summed E-state index contributed by atoms with van der Waals surface area (Å²) in [5, 5.41) is 2.84. The Hall–Kier alpha value is -0.810. The summed E-state index contributed by atoms with van der Waals surface area (Å²) in [6.07, 6.45) is 3.76. The van der Waals surface area contributed by atoms with Crippen molar-refractivity contribution in [2.45, 2.75) is 57.5 Å². The van der Waals surface area contributed by atoms with Crippen molar-refractivity contribution >= 4 is 24.3 Å². The first-order chi connectivity index (χ1) is 8.42. The van der Waals surface area contributed by atoms with Crippen molar-refractivity contribution in [1.29, 1.82) is 0 Å². The molecule has 1 aliphatic rings. The zero-order valence-electron chi connectivity index (χ0n) is 11.9. The van der Waals surface area contributed by atoms with Crippen LogP contribution in [0.25, 0.3) is 0 Å². The molecule has 0 bridgehead atoms. The molecule has 0 radical (unpaired) electrons. The van der Waals surface area contributed by atoms with Crippen LogP contribution < -0.4 is 11.1 Å². The Labute approximate surface area is 121 Å². The number of amides is 1. The van der Waals surface area contributed by atoms with Crippen molar-refractivity contribution in [2.24, 2.45) is 11.7 Å². The smallest absolute Gasteiger partial charge is 0.331 e. The van der Waals surface area contributed by atoms with Gasteiger partial charge in [0.15, 0.2) is 0 Å². The second-order valence-electron chi connectivity index (χ2n) is 5.33. The molecule has 0 saturated heterocycles. The molecule has 1 saturated carbocycles. The van der Waals surface area contributed by atoms with Crippen molar-refractivity contribution in [3.63, 3.8) is 0 Å². The summed E-state index contributed by atoms with van der Waals surface area (Å²) < 4.78 is 4.77. The molecule has 112 valence electrons. The molecule has 5 nitrogen and oxygen atoms in total. The molecule has 0 aromatic heterocycles. The number of nitrogens with two attached hydrogens (primary N) is 1. The minimum Gasteiger partial charge on any atom is -0.467 e. The highest BCUT2D eigenvalue weighted by molar-refractivity contribution is 5.88. The van der Waals surface area contributed by atoms with E-state index in [0.717, 1.165) is 19.3 Å². The van der Waals surface area contributed by atoms with Crippen molar-refractivity contribution < 1.29 is 14.3 Å². The number of carbonyl (C=O) groups excluding carboxylic acids is 2. The number of rotatable bonds is 5. The summed E-state index contributed by atoms with van der Waals surface area (Å²) in [5.74, 6) is -0.537. The lowest BCUT2D eigenvalue weighted by Crippen LogP contribution is -2.54. The highest BCUT2D eigenvalue weighted by Gasteiger charge is 2.38. The van der Waals surface area contributed by atoms with Crippen LogP contribution in [0, 0.1) is 5.92 Å². The fourth-order valence-electron chi connectivity index (χ4n) is 2.57. The average molecular weight is 293 g/mol. The van der Waals surface area contributed by atoms with Gasteiger partial charge in [-0.25, -0.2) is 4.79 Å². The Balaban J connectivity index is 0.00000324. The molecule has 1 fully saturated rings. The first-order valence-corrected chi connectivity index (χ1v) is 6.59. The van der Waals surface area contributed by atoms with Crippen molar-refractivity contribution in [3.05, 3.63) is 0 Å². The number of nitrogens with one attached hydrogen (secondary N) is 1. The largest absolute Gasteiger partial charge is 0.467 e. The first-order valence-electron chi connectivity index (χ1n) is 6.59. The number of halogens is 1. The Kier molecular flexibility index (Phi) is 7.37. The van der Waals surface area contributed by atoms with Crippen LogP contribution in [0.3, 0.4) is 0 Å². The molecule has 0 aromatic rings. The molecule has 3 N–H and O–H groups in total. The molecular formula is C13H25ClN2O3. The van der Waals surface area contributed by atoms with Crippen molar-refractivity contribution in [3.8, 4) is 0 Å². The van der Waals surface area contributed by atoms with Crippen LogP contribution in [0.15, 0.2) is 0 Å². The predicted octanol–water partition coefficient (Wildman–Crippen LogP) is 1.38. The first kappa shape index (κ1) is 18.2. The molecule has 0 heterocycles. The highest BCUT2D eigenvalue weighted by atomic mass is 35.5. The molecule has 0 aromatic carbocycles. The number of hydrogen-bond acceptors (Lipinski definition) is 4. The molecule has 3 atom stereocenters. The molecule has 3 unspecified atom stereocenters. The van der Waals surface area contributed by atoms with E-state index in [1.807, 2.05) is 6.92 Å². The molecule has 0 spiro atoms. The van der Waals surface area contributed by atoms with Gasteiger partial charge in [0.25, 0.3) is 0 Å². The van der Waals surface area contributed by atoms with Gasteiger partial charge in [-0.2, -0.15) is 0 Å². The monoisotopic (exact) mass is 292 g/mol. The quantitative estimate of drug-likeness (QED) is 0.750. The summed E-state index contributed by atoms with van der Waals surface area (Å²) in [5.41, 5.74) is 4.88. The number of esters is 1. The normalized spacial score (nSPS) is 25.1. The van der Waals surface area contributed by atoms with Gasteiger partial charge in [-0.1, -0.05) is 13.3 Å². The van der Waals surface area contributed by atoms with Crippen LogP contribution in [0.2, 0.25) is 0 Å². The third-order valence-corrected chi connectivity index (χ3v) is 3.63. The molecule has 1 rings (SSSR count). The number of carbonyl (C=O) groups is 2. The van der Waals surface area contributed by atoms with E-state index in [0.29, 0.717) is 12.8 Å². The molecule has 6 heteroatoms. The fourth-order valence-corrected chi connectivity index (χ4v) is 2.57. The van der Waals surface area contributed by atoms with E-state index in [9.17, 15) is 9.59 Å². The Bertz CT molecular complexity index is 325. The van der Waals surface area contributed by atoms with Crippen LogP contribution in [-0.4, -0.2) is 30.6 Å².